The third kappa shape index (κ3) is 5.28. The van der Waals surface area contributed by atoms with Gasteiger partial charge >= 0.3 is 0 Å². The zero-order valence-corrected chi connectivity index (χ0v) is 15.0. The van der Waals surface area contributed by atoms with Gasteiger partial charge in [-0.15, -0.1) is 0 Å². The lowest BCUT2D eigenvalue weighted by Crippen LogP contribution is -2.35. The van der Waals surface area contributed by atoms with Crippen LogP contribution < -0.4 is 10.1 Å². The van der Waals surface area contributed by atoms with Gasteiger partial charge in [-0.25, -0.2) is 0 Å². The van der Waals surface area contributed by atoms with Crippen molar-refractivity contribution in [2.45, 2.75) is 58.7 Å². The van der Waals surface area contributed by atoms with Gasteiger partial charge in [0.15, 0.2) is 0 Å². The highest BCUT2D eigenvalue weighted by atomic mass is 79.9. The Morgan fingerprint density at radius 1 is 1.29 bits per heavy atom. The summed E-state index contributed by atoms with van der Waals surface area (Å²) < 4.78 is 12.8. The average Bonchev–Trinajstić information content (AvgIpc) is 2.40. The number of aryl methyl sites for hydroxylation is 1. The maximum atomic E-state index is 6.30. The molecule has 0 spiro atoms. The van der Waals surface area contributed by atoms with Crippen molar-refractivity contribution >= 4 is 15.9 Å². The van der Waals surface area contributed by atoms with Crippen LogP contribution in [-0.2, 0) is 11.3 Å². The normalized spacial score (nSPS) is 17.0. The topological polar surface area (TPSA) is 30.5 Å². The van der Waals surface area contributed by atoms with Crippen molar-refractivity contribution < 1.29 is 9.47 Å². The van der Waals surface area contributed by atoms with E-state index in [9.17, 15) is 0 Å². The average molecular weight is 356 g/mol. The standard InChI is InChI=1S/C17H26BrNO2/c1-12-9-14(18)10-13(11-19-17(2,3)4)16(12)21-15-5-7-20-8-6-15/h9-10,15,19H,5-8,11H2,1-4H3. The summed E-state index contributed by atoms with van der Waals surface area (Å²) in [6.07, 6.45) is 2.22. The highest BCUT2D eigenvalue weighted by molar-refractivity contribution is 9.10. The first-order chi connectivity index (χ1) is 9.85. The number of rotatable bonds is 4. The van der Waals surface area contributed by atoms with Crippen molar-refractivity contribution in [2.75, 3.05) is 13.2 Å². The van der Waals surface area contributed by atoms with Crippen LogP contribution in [0.4, 0.5) is 0 Å². The Balaban J connectivity index is 2.16. The van der Waals surface area contributed by atoms with Crippen molar-refractivity contribution in [3.8, 4) is 5.75 Å². The second-order valence-electron chi connectivity index (χ2n) is 6.74. The number of nitrogens with one attached hydrogen (secondary N) is 1. The molecule has 0 unspecified atom stereocenters. The van der Waals surface area contributed by atoms with Crippen LogP contribution >= 0.6 is 15.9 Å². The number of ether oxygens (including phenoxy) is 2. The van der Waals surface area contributed by atoms with Gasteiger partial charge in [-0.2, -0.15) is 0 Å². The third-order valence-corrected chi connectivity index (χ3v) is 4.04. The van der Waals surface area contributed by atoms with Crippen molar-refractivity contribution in [1.29, 1.82) is 0 Å². The molecule has 0 amide bonds. The minimum absolute atomic E-state index is 0.0895. The first kappa shape index (κ1) is 16.8. The first-order valence-electron chi connectivity index (χ1n) is 7.63. The molecule has 1 aliphatic rings. The van der Waals surface area contributed by atoms with Crippen LogP contribution in [0.2, 0.25) is 0 Å². The number of hydrogen-bond acceptors (Lipinski definition) is 3. The Bertz CT molecular complexity index is 476. The third-order valence-electron chi connectivity index (χ3n) is 3.58. The minimum atomic E-state index is 0.0895. The summed E-state index contributed by atoms with van der Waals surface area (Å²) in [4.78, 5) is 0. The summed E-state index contributed by atoms with van der Waals surface area (Å²) in [5.74, 6) is 1.03. The molecule has 0 aliphatic carbocycles. The van der Waals surface area contributed by atoms with E-state index in [-0.39, 0.29) is 11.6 Å². The first-order valence-corrected chi connectivity index (χ1v) is 8.43. The molecule has 1 aliphatic heterocycles. The summed E-state index contributed by atoms with van der Waals surface area (Å²) in [7, 11) is 0. The van der Waals surface area contributed by atoms with E-state index >= 15 is 0 Å². The molecule has 0 bridgehead atoms. The molecule has 0 aromatic heterocycles. The fourth-order valence-electron chi connectivity index (χ4n) is 2.42. The highest BCUT2D eigenvalue weighted by Crippen LogP contribution is 2.30. The molecule has 4 heteroatoms. The zero-order valence-electron chi connectivity index (χ0n) is 13.5. The molecule has 1 N–H and O–H groups in total. The van der Waals surface area contributed by atoms with Crippen LogP contribution in [0.3, 0.4) is 0 Å². The van der Waals surface area contributed by atoms with Gasteiger partial charge in [0.1, 0.15) is 11.9 Å². The Hall–Kier alpha value is -0.580. The fraction of sp³-hybridized carbons (Fsp3) is 0.647. The van der Waals surface area contributed by atoms with Gasteiger partial charge in [0.25, 0.3) is 0 Å². The largest absolute Gasteiger partial charge is 0.490 e. The number of hydrogen-bond donors (Lipinski definition) is 1. The highest BCUT2D eigenvalue weighted by Gasteiger charge is 2.19. The van der Waals surface area contributed by atoms with Crippen molar-refractivity contribution in [3.63, 3.8) is 0 Å². The summed E-state index contributed by atoms with van der Waals surface area (Å²) in [5.41, 5.74) is 2.48. The quantitative estimate of drug-likeness (QED) is 0.877. The molecule has 2 rings (SSSR count). The molecule has 1 aromatic carbocycles. The van der Waals surface area contributed by atoms with E-state index in [1.807, 2.05) is 0 Å². The number of halogens is 1. The van der Waals surface area contributed by atoms with Gasteiger partial charge < -0.3 is 14.8 Å². The Morgan fingerprint density at radius 3 is 2.57 bits per heavy atom. The van der Waals surface area contributed by atoms with Crippen LogP contribution in [0.1, 0.15) is 44.7 Å². The summed E-state index contributed by atoms with van der Waals surface area (Å²) >= 11 is 3.59. The molecule has 1 aromatic rings. The van der Waals surface area contributed by atoms with Gasteiger partial charge in [0.05, 0.1) is 13.2 Å². The molecule has 1 heterocycles. The summed E-state index contributed by atoms with van der Waals surface area (Å²) in [6.45, 7) is 11.1. The molecule has 0 saturated carbocycles. The molecule has 0 radical (unpaired) electrons. The zero-order chi connectivity index (χ0) is 15.5. The van der Waals surface area contributed by atoms with Gasteiger partial charge in [-0.05, 0) is 45.4 Å². The molecule has 1 saturated heterocycles. The van der Waals surface area contributed by atoms with Gasteiger partial charge in [0, 0.05) is 35.0 Å². The maximum Gasteiger partial charge on any atom is 0.127 e. The maximum absolute atomic E-state index is 6.30. The van der Waals surface area contributed by atoms with Crippen molar-refractivity contribution in [2.24, 2.45) is 0 Å². The van der Waals surface area contributed by atoms with Crippen LogP contribution in [0.25, 0.3) is 0 Å². The Morgan fingerprint density at radius 2 is 1.95 bits per heavy atom. The Kier molecular flexibility index (Phi) is 5.69. The van der Waals surface area contributed by atoms with Crippen LogP contribution in [0.15, 0.2) is 16.6 Å². The lowest BCUT2D eigenvalue weighted by Gasteiger charge is -2.27. The monoisotopic (exact) mass is 355 g/mol. The van der Waals surface area contributed by atoms with E-state index in [2.05, 4.69) is 61.1 Å². The minimum Gasteiger partial charge on any atom is -0.490 e. The molecule has 1 fully saturated rings. The second kappa shape index (κ2) is 7.12. The molecule has 3 nitrogen and oxygen atoms in total. The van der Waals surface area contributed by atoms with E-state index in [0.29, 0.717) is 0 Å². The lowest BCUT2D eigenvalue weighted by molar-refractivity contribution is 0.0248. The smallest absolute Gasteiger partial charge is 0.127 e. The second-order valence-corrected chi connectivity index (χ2v) is 7.66. The SMILES string of the molecule is Cc1cc(Br)cc(CNC(C)(C)C)c1OC1CCOCC1. The van der Waals surface area contributed by atoms with E-state index in [4.69, 9.17) is 9.47 Å². The summed E-state index contributed by atoms with van der Waals surface area (Å²) in [5, 5.41) is 3.54. The lowest BCUT2D eigenvalue weighted by atomic mass is 10.1. The molecular formula is C17H26BrNO2. The van der Waals surface area contributed by atoms with Gasteiger partial charge in [-0.3, -0.25) is 0 Å². The predicted molar refractivity (Wildman–Crippen MR) is 89.9 cm³/mol. The van der Waals surface area contributed by atoms with Gasteiger partial charge in [-0.1, -0.05) is 15.9 Å². The molecule has 0 atom stereocenters. The summed E-state index contributed by atoms with van der Waals surface area (Å²) in [6, 6.07) is 4.27. The molecule has 118 valence electrons. The van der Waals surface area contributed by atoms with Crippen LogP contribution in [-0.4, -0.2) is 24.9 Å². The van der Waals surface area contributed by atoms with Gasteiger partial charge in [0.2, 0.25) is 0 Å². The van der Waals surface area contributed by atoms with Crippen LogP contribution in [0, 0.1) is 6.92 Å². The van der Waals surface area contributed by atoms with E-state index in [1.165, 1.54) is 11.1 Å². The van der Waals surface area contributed by atoms with Crippen molar-refractivity contribution in [1.82, 2.24) is 5.32 Å². The van der Waals surface area contributed by atoms with Crippen molar-refractivity contribution in [3.05, 3.63) is 27.7 Å². The van der Waals surface area contributed by atoms with E-state index in [0.717, 1.165) is 42.8 Å². The predicted octanol–water partition coefficient (Wildman–Crippen LogP) is 4.20. The van der Waals surface area contributed by atoms with E-state index in [1.54, 1.807) is 0 Å². The Labute approximate surface area is 136 Å². The fourth-order valence-corrected chi connectivity index (χ4v) is 3.04. The molecule has 21 heavy (non-hydrogen) atoms. The van der Waals surface area contributed by atoms with Crippen LogP contribution in [0.5, 0.6) is 5.75 Å². The molecular weight excluding hydrogens is 330 g/mol. The van der Waals surface area contributed by atoms with E-state index < -0.39 is 0 Å². The number of benzene rings is 1.